The van der Waals surface area contributed by atoms with E-state index in [4.69, 9.17) is 4.74 Å². The van der Waals surface area contributed by atoms with Gasteiger partial charge in [-0.05, 0) is 57.0 Å². The van der Waals surface area contributed by atoms with E-state index in [1.807, 2.05) is 0 Å². The number of nitrogens with zero attached hydrogens (tertiary/aromatic N) is 2. The molecule has 1 fully saturated rings. The molecular formula is C21H31FN2O3. The highest BCUT2D eigenvalue weighted by Gasteiger charge is 2.27. The zero-order valence-electron chi connectivity index (χ0n) is 16.5. The van der Waals surface area contributed by atoms with E-state index in [9.17, 15) is 14.0 Å². The van der Waals surface area contributed by atoms with Gasteiger partial charge in [0.25, 0.3) is 0 Å². The molecule has 1 unspecified atom stereocenters. The number of carbonyl (C=O) groups is 2. The van der Waals surface area contributed by atoms with E-state index in [0.29, 0.717) is 38.6 Å². The van der Waals surface area contributed by atoms with Gasteiger partial charge in [-0.15, -0.1) is 0 Å². The topological polar surface area (TPSA) is 49.9 Å². The van der Waals surface area contributed by atoms with Gasteiger partial charge in [-0.25, -0.2) is 4.39 Å². The molecule has 5 nitrogen and oxygen atoms in total. The molecule has 1 atom stereocenters. The van der Waals surface area contributed by atoms with E-state index in [2.05, 4.69) is 11.8 Å². The van der Waals surface area contributed by atoms with Crippen molar-refractivity contribution in [3.8, 4) is 0 Å². The molecule has 0 spiro atoms. The highest BCUT2D eigenvalue weighted by Crippen LogP contribution is 2.18. The monoisotopic (exact) mass is 378 g/mol. The molecule has 1 aliphatic heterocycles. The van der Waals surface area contributed by atoms with Crippen molar-refractivity contribution in [2.45, 2.75) is 52.0 Å². The van der Waals surface area contributed by atoms with Crippen LogP contribution in [0, 0.1) is 5.82 Å². The Balaban J connectivity index is 1.94. The molecule has 0 saturated carbocycles. The fraction of sp³-hybridized carbons (Fsp3) is 0.619. The third-order valence-corrected chi connectivity index (χ3v) is 5.12. The first kappa shape index (κ1) is 21.4. The van der Waals surface area contributed by atoms with Crippen molar-refractivity contribution in [3.05, 3.63) is 35.6 Å². The highest BCUT2D eigenvalue weighted by molar-refractivity contribution is 5.77. The number of hydrogen-bond donors (Lipinski definition) is 0. The van der Waals surface area contributed by atoms with Crippen LogP contribution < -0.4 is 0 Å². The molecule has 0 radical (unpaired) electrons. The molecule has 27 heavy (non-hydrogen) atoms. The van der Waals surface area contributed by atoms with Crippen LogP contribution in [0.1, 0.15) is 45.1 Å². The molecular weight excluding hydrogens is 347 g/mol. The highest BCUT2D eigenvalue weighted by atomic mass is 19.1. The second-order valence-corrected chi connectivity index (χ2v) is 6.95. The number of aryl methyl sites for hydroxylation is 1. The average Bonchev–Trinajstić information content (AvgIpc) is 3.11. The normalized spacial score (nSPS) is 17.1. The van der Waals surface area contributed by atoms with Crippen LogP contribution >= 0.6 is 0 Å². The smallest absolute Gasteiger partial charge is 0.307 e. The Morgan fingerprint density at radius 1 is 1.22 bits per heavy atom. The van der Waals surface area contributed by atoms with E-state index in [-0.39, 0.29) is 24.1 Å². The number of benzene rings is 1. The Kier molecular flexibility index (Phi) is 8.72. The molecule has 0 aromatic heterocycles. The third-order valence-electron chi connectivity index (χ3n) is 5.12. The molecule has 6 heteroatoms. The first-order valence-corrected chi connectivity index (χ1v) is 9.95. The maximum Gasteiger partial charge on any atom is 0.307 e. The molecule has 1 heterocycles. The van der Waals surface area contributed by atoms with Crippen LogP contribution in [0.15, 0.2) is 24.3 Å². The van der Waals surface area contributed by atoms with Gasteiger partial charge in [0, 0.05) is 25.6 Å². The van der Waals surface area contributed by atoms with Crippen LogP contribution in [0.4, 0.5) is 4.39 Å². The summed E-state index contributed by atoms with van der Waals surface area (Å²) in [5.41, 5.74) is 0.936. The Hall–Kier alpha value is -1.95. The second kappa shape index (κ2) is 11.0. The molecule has 1 saturated heterocycles. The number of esters is 1. The number of carbonyl (C=O) groups excluding carboxylic acids is 2. The minimum Gasteiger partial charge on any atom is -0.466 e. The van der Waals surface area contributed by atoms with Gasteiger partial charge in [-0.3, -0.25) is 14.5 Å². The quantitative estimate of drug-likeness (QED) is 0.587. The van der Waals surface area contributed by atoms with Crippen LogP contribution in [0.2, 0.25) is 0 Å². The Bertz CT molecular complexity index is 606. The predicted molar refractivity (Wildman–Crippen MR) is 103 cm³/mol. The SMILES string of the molecule is CCOC(=O)CCN(CC1CCCN1CC)C(=O)CCc1ccc(F)cc1. The van der Waals surface area contributed by atoms with E-state index >= 15 is 0 Å². The third kappa shape index (κ3) is 6.94. The largest absolute Gasteiger partial charge is 0.466 e. The standard InChI is InChI=1S/C21H31FN2O3/c1-3-23-14-5-6-19(23)16-24(15-13-21(26)27-4-2)20(25)12-9-17-7-10-18(22)11-8-17/h7-8,10-11,19H,3-6,9,12-16H2,1-2H3. The summed E-state index contributed by atoms with van der Waals surface area (Å²) >= 11 is 0. The Morgan fingerprint density at radius 2 is 1.96 bits per heavy atom. The van der Waals surface area contributed by atoms with Crippen LogP contribution in [0.25, 0.3) is 0 Å². The number of rotatable bonds is 10. The Morgan fingerprint density at radius 3 is 2.63 bits per heavy atom. The number of ether oxygens (including phenoxy) is 1. The lowest BCUT2D eigenvalue weighted by atomic mass is 10.1. The van der Waals surface area contributed by atoms with Crippen molar-refractivity contribution in [1.82, 2.24) is 9.80 Å². The number of likely N-dealkylation sites (N-methyl/N-ethyl adjacent to an activating group) is 1. The van der Waals surface area contributed by atoms with E-state index in [0.717, 1.165) is 31.5 Å². The summed E-state index contributed by atoms with van der Waals surface area (Å²) < 4.78 is 18.0. The van der Waals surface area contributed by atoms with Crippen molar-refractivity contribution >= 4 is 11.9 Å². The van der Waals surface area contributed by atoms with Gasteiger partial charge < -0.3 is 9.64 Å². The lowest BCUT2D eigenvalue weighted by Crippen LogP contribution is -2.44. The maximum absolute atomic E-state index is 13.0. The van der Waals surface area contributed by atoms with Crippen LogP contribution in [-0.4, -0.2) is 60.5 Å². The van der Waals surface area contributed by atoms with Crippen LogP contribution in [-0.2, 0) is 20.7 Å². The number of amides is 1. The Labute approximate surface area is 161 Å². The molecule has 0 aliphatic carbocycles. The lowest BCUT2D eigenvalue weighted by Gasteiger charge is -2.30. The molecule has 1 amide bonds. The summed E-state index contributed by atoms with van der Waals surface area (Å²) in [5, 5.41) is 0. The van der Waals surface area contributed by atoms with Gasteiger partial charge in [0.15, 0.2) is 0 Å². The second-order valence-electron chi connectivity index (χ2n) is 6.95. The van der Waals surface area contributed by atoms with Crippen LogP contribution in [0.5, 0.6) is 0 Å². The van der Waals surface area contributed by atoms with Gasteiger partial charge in [-0.1, -0.05) is 19.1 Å². The predicted octanol–water partition coefficient (Wildman–Crippen LogP) is 3.02. The summed E-state index contributed by atoms with van der Waals surface area (Å²) in [6.45, 7) is 7.34. The first-order valence-electron chi connectivity index (χ1n) is 9.95. The molecule has 0 N–H and O–H groups in total. The van der Waals surface area contributed by atoms with Crippen LogP contribution in [0.3, 0.4) is 0 Å². The molecule has 2 rings (SSSR count). The maximum atomic E-state index is 13.0. The minimum atomic E-state index is -0.276. The van der Waals surface area contributed by atoms with Crippen molar-refractivity contribution in [2.75, 3.05) is 32.8 Å². The van der Waals surface area contributed by atoms with E-state index in [1.165, 1.54) is 12.1 Å². The summed E-state index contributed by atoms with van der Waals surface area (Å²) in [6, 6.07) is 6.60. The molecule has 0 bridgehead atoms. The lowest BCUT2D eigenvalue weighted by molar-refractivity contribution is -0.144. The van der Waals surface area contributed by atoms with Gasteiger partial charge in [0.05, 0.1) is 13.0 Å². The fourth-order valence-electron chi connectivity index (χ4n) is 3.61. The van der Waals surface area contributed by atoms with Crippen molar-refractivity contribution in [3.63, 3.8) is 0 Å². The number of hydrogen-bond acceptors (Lipinski definition) is 4. The summed E-state index contributed by atoms with van der Waals surface area (Å²) in [6.07, 6.45) is 3.36. The van der Waals surface area contributed by atoms with Gasteiger partial charge in [-0.2, -0.15) is 0 Å². The molecule has 150 valence electrons. The molecule has 1 aromatic rings. The summed E-state index contributed by atoms with van der Waals surface area (Å²) in [4.78, 5) is 28.7. The zero-order chi connectivity index (χ0) is 19.6. The molecule has 1 aromatic carbocycles. The minimum absolute atomic E-state index is 0.0339. The molecule has 1 aliphatic rings. The summed E-state index contributed by atoms with van der Waals surface area (Å²) in [5.74, 6) is -0.513. The average molecular weight is 378 g/mol. The fourth-order valence-corrected chi connectivity index (χ4v) is 3.61. The van der Waals surface area contributed by atoms with Gasteiger partial charge >= 0.3 is 5.97 Å². The summed E-state index contributed by atoms with van der Waals surface area (Å²) in [7, 11) is 0. The first-order chi connectivity index (χ1) is 13.0. The van der Waals surface area contributed by atoms with Crippen molar-refractivity contribution in [2.24, 2.45) is 0 Å². The zero-order valence-corrected chi connectivity index (χ0v) is 16.5. The number of halogens is 1. The van der Waals surface area contributed by atoms with Crippen molar-refractivity contribution < 1.29 is 18.7 Å². The number of likely N-dealkylation sites (tertiary alicyclic amines) is 1. The van der Waals surface area contributed by atoms with Crippen molar-refractivity contribution in [1.29, 1.82) is 0 Å². The van der Waals surface area contributed by atoms with E-state index in [1.54, 1.807) is 24.0 Å². The van der Waals surface area contributed by atoms with E-state index < -0.39 is 0 Å². The van der Waals surface area contributed by atoms with Gasteiger partial charge in [0.1, 0.15) is 5.82 Å². The van der Waals surface area contributed by atoms with Gasteiger partial charge in [0.2, 0.25) is 5.91 Å².